The number of fused-ring (bicyclic) bond motifs is 1. The molecule has 1 saturated heterocycles. The lowest BCUT2D eigenvalue weighted by Gasteiger charge is -2.27. The van der Waals surface area contributed by atoms with Crippen molar-refractivity contribution in [2.24, 2.45) is 11.7 Å². The van der Waals surface area contributed by atoms with E-state index >= 15 is 0 Å². The van der Waals surface area contributed by atoms with Crippen LogP contribution >= 0.6 is 0 Å². The lowest BCUT2D eigenvalue weighted by Crippen LogP contribution is -2.42. The maximum absolute atomic E-state index is 14.4. The van der Waals surface area contributed by atoms with Crippen molar-refractivity contribution in [1.29, 1.82) is 0 Å². The summed E-state index contributed by atoms with van der Waals surface area (Å²) in [4.78, 5) is 10.9. The number of pyridine rings is 2. The van der Waals surface area contributed by atoms with E-state index in [1.54, 1.807) is 18.3 Å². The summed E-state index contributed by atoms with van der Waals surface area (Å²) in [7, 11) is 0. The first kappa shape index (κ1) is 16.0. The molecule has 4 heterocycles. The van der Waals surface area contributed by atoms with Gasteiger partial charge < -0.3 is 10.6 Å². The molecule has 3 aromatic rings. The third-order valence-corrected chi connectivity index (χ3v) is 4.96. The normalized spacial score (nSPS) is 18.2. The van der Waals surface area contributed by atoms with E-state index in [0.717, 1.165) is 30.7 Å². The SMILES string of the molecule is CC(C)(N)C1CCN(c2ccc(F)c(-c3[nH]nc4ncccc34)n2)C1. The molecule has 3 N–H and O–H groups in total. The van der Waals surface area contributed by atoms with E-state index in [0.29, 0.717) is 17.3 Å². The van der Waals surface area contributed by atoms with Crippen molar-refractivity contribution in [2.75, 3.05) is 18.0 Å². The van der Waals surface area contributed by atoms with Gasteiger partial charge in [-0.3, -0.25) is 5.10 Å². The number of hydrogen-bond donors (Lipinski definition) is 2. The molecular formula is C18H21FN6. The van der Waals surface area contributed by atoms with Gasteiger partial charge in [0.1, 0.15) is 11.5 Å². The van der Waals surface area contributed by atoms with Crippen molar-refractivity contribution in [2.45, 2.75) is 25.8 Å². The first-order valence-electron chi connectivity index (χ1n) is 8.43. The lowest BCUT2D eigenvalue weighted by atomic mass is 9.88. The van der Waals surface area contributed by atoms with Gasteiger partial charge in [0.15, 0.2) is 11.5 Å². The second-order valence-electron chi connectivity index (χ2n) is 7.23. The Morgan fingerprint density at radius 1 is 1.32 bits per heavy atom. The van der Waals surface area contributed by atoms with Crippen LogP contribution < -0.4 is 10.6 Å². The fourth-order valence-corrected chi connectivity index (χ4v) is 3.39. The Kier molecular flexibility index (Phi) is 3.68. The van der Waals surface area contributed by atoms with Crippen molar-refractivity contribution in [3.63, 3.8) is 0 Å². The van der Waals surface area contributed by atoms with E-state index < -0.39 is 0 Å². The van der Waals surface area contributed by atoms with Crippen molar-refractivity contribution in [1.82, 2.24) is 20.2 Å². The van der Waals surface area contributed by atoms with Crippen molar-refractivity contribution >= 4 is 16.9 Å². The zero-order valence-electron chi connectivity index (χ0n) is 14.3. The summed E-state index contributed by atoms with van der Waals surface area (Å²) in [6, 6.07) is 6.85. The van der Waals surface area contributed by atoms with Crippen LogP contribution in [0.25, 0.3) is 22.4 Å². The van der Waals surface area contributed by atoms with E-state index in [-0.39, 0.29) is 17.1 Å². The molecule has 4 rings (SSSR count). The van der Waals surface area contributed by atoms with Gasteiger partial charge in [0.05, 0.1) is 5.69 Å². The molecule has 0 bridgehead atoms. The number of H-pyrrole nitrogens is 1. The number of nitrogens with zero attached hydrogens (tertiary/aromatic N) is 4. The van der Waals surface area contributed by atoms with Crippen LogP contribution in [0, 0.1) is 11.7 Å². The fourth-order valence-electron chi connectivity index (χ4n) is 3.39. The van der Waals surface area contributed by atoms with Crippen molar-refractivity contribution in [3.05, 3.63) is 36.3 Å². The molecule has 0 aliphatic carbocycles. The summed E-state index contributed by atoms with van der Waals surface area (Å²) in [6.07, 6.45) is 2.67. The third-order valence-electron chi connectivity index (χ3n) is 4.96. The highest BCUT2D eigenvalue weighted by molar-refractivity contribution is 5.89. The molecular weight excluding hydrogens is 319 g/mol. The van der Waals surface area contributed by atoms with Gasteiger partial charge in [-0.2, -0.15) is 5.10 Å². The van der Waals surface area contributed by atoms with Crippen LogP contribution in [0.15, 0.2) is 30.5 Å². The van der Waals surface area contributed by atoms with Crippen LogP contribution in [0.3, 0.4) is 0 Å². The molecule has 7 heteroatoms. The molecule has 1 atom stereocenters. The van der Waals surface area contributed by atoms with E-state index in [1.165, 1.54) is 6.07 Å². The average molecular weight is 340 g/mol. The minimum absolute atomic E-state index is 0.233. The molecule has 6 nitrogen and oxygen atoms in total. The summed E-state index contributed by atoms with van der Waals surface area (Å²) >= 11 is 0. The number of anilines is 1. The molecule has 0 saturated carbocycles. The second-order valence-corrected chi connectivity index (χ2v) is 7.23. The van der Waals surface area contributed by atoms with E-state index in [1.807, 2.05) is 6.07 Å². The van der Waals surface area contributed by atoms with E-state index in [9.17, 15) is 4.39 Å². The zero-order valence-corrected chi connectivity index (χ0v) is 14.3. The Morgan fingerprint density at radius 3 is 2.92 bits per heavy atom. The highest BCUT2D eigenvalue weighted by Gasteiger charge is 2.33. The maximum atomic E-state index is 14.4. The highest BCUT2D eigenvalue weighted by Crippen LogP contribution is 2.31. The monoisotopic (exact) mass is 340 g/mol. The lowest BCUT2D eigenvalue weighted by molar-refractivity contribution is 0.348. The van der Waals surface area contributed by atoms with Gasteiger partial charge in [-0.25, -0.2) is 14.4 Å². The third kappa shape index (κ3) is 2.84. The van der Waals surface area contributed by atoms with Gasteiger partial charge in [0.2, 0.25) is 0 Å². The van der Waals surface area contributed by atoms with E-state index in [4.69, 9.17) is 5.73 Å². The van der Waals surface area contributed by atoms with Crippen LogP contribution in [0.5, 0.6) is 0 Å². The van der Waals surface area contributed by atoms with Crippen molar-refractivity contribution < 1.29 is 4.39 Å². The van der Waals surface area contributed by atoms with Gasteiger partial charge in [0, 0.05) is 30.2 Å². The summed E-state index contributed by atoms with van der Waals surface area (Å²) in [6.45, 7) is 5.80. The summed E-state index contributed by atoms with van der Waals surface area (Å²) < 4.78 is 14.4. The van der Waals surface area contributed by atoms with Gasteiger partial charge in [-0.15, -0.1) is 0 Å². The Hall–Kier alpha value is -2.54. The maximum Gasteiger partial charge on any atom is 0.181 e. The number of aromatic nitrogens is 4. The van der Waals surface area contributed by atoms with Crippen LogP contribution in [0.1, 0.15) is 20.3 Å². The molecule has 1 aliphatic rings. The Bertz CT molecular complexity index is 913. The standard InChI is InChI=1S/C18H21FN6/c1-18(2,20)11-7-9-25(10-11)14-6-5-13(19)16(22-14)15-12-4-3-8-21-17(12)24-23-15/h3-6,8,11H,7,9-10,20H2,1-2H3,(H,21,23,24). The molecule has 1 aliphatic heterocycles. The van der Waals surface area contributed by atoms with Gasteiger partial charge >= 0.3 is 0 Å². The number of rotatable bonds is 3. The average Bonchev–Trinajstić information content (AvgIpc) is 3.22. The quantitative estimate of drug-likeness (QED) is 0.766. The fraction of sp³-hybridized carbons (Fsp3) is 0.389. The van der Waals surface area contributed by atoms with Crippen LogP contribution in [-0.2, 0) is 0 Å². The molecule has 0 amide bonds. The van der Waals surface area contributed by atoms with Gasteiger partial charge in [-0.05, 0) is 50.5 Å². The topological polar surface area (TPSA) is 83.7 Å². The zero-order chi connectivity index (χ0) is 17.6. The minimum Gasteiger partial charge on any atom is -0.356 e. The number of aromatic amines is 1. The predicted molar refractivity (Wildman–Crippen MR) is 95.7 cm³/mol. The first-order valence-corrected chi connectivity index (χ1v) is 8.43. The number of hydrogen-bond acceptors (Lipinski definition) is 5. The second kappa shape index (κ2) is 5.77. The number of nitrogens with one attached hydrogen (secondary N) is 1. The van der Waals surface area contributed by atoms with Crippen LogP contribution in [0.2, 0.25) is 0 Å². The smallest absolute Gasteiger partial charge is 0.181 e. The Balaban J connectivity index is 1.70. The molecule has 25 heavy (non-hydrogen) atoms. The highest BCUT2D eigenvalue weighted by atomic mass is 19.1. The van der Waals surface area contributed by atoms with Gasteiger partial charge in [0.25, 0.3) is 0 Å². The number of nitrogens with two attached hydrogens (primary N) is 1. The summed E-state index contributed by atoms with van der Waals surface area (Å²) in [5.41, 5.74) is 7.39. The molecule has 1 unspecified atom stereocenters. The predicted octanol–water partition coefficient (Wildman–Crippen LogP) is 2.72. The largest absolute Gasteiger partial charge is 0.356 e. The molecule has 0 aromatic carbocycles. The summed E-state index contributed by atoms with van der Waals surface area (Å²) in [5, 5.41) is 7.76. The van der Waals surface area contributed by atoms with Crippen LogP contribution in [-0.4, -0.2) is 38.8 Å². The Morgan fingerprint density at radius 2 is 2.16 bits per heavy atom. The number of halogens is 1. The molecule has 1 fully saturated rings. The summed E-state index contributed by atoms with van der Waals surface area (Å²) in [5.74, 6) is 0.767. The molecule has 0 radical (unpaired) electrons. The van der Waals surface area contributed by atoms with Crippen LogP contribution in [0.4, 0.5) is 10.2 Å². The first-order chi connectivity index (χ1) is 11.9. The Labute approximate surface area is 145 Å². The molecule has 3 aromatic heterocycles. The van der Waals surface area contributed by atoms with Crippen molar-refractivity contribution in [3.8, 4) is 11.4 Å². The van der Waals surface area contributed by atoms with Gasteiger partial charge in [-0.1, -0.05) is 0 Å². The molecule has 0 spiro atoms. The molecule has 130 valence electrons. The van der Waals surface area contributed by atoms with E-state index in [2.05, 4.69) is 38.9 Å². The minimum atomic E-state index is -0.381.